The number of rotatable bonds is 3. The smallest absolute Gasteiger partial charge is 0.339 e. The van der Waals surface area contributed by atoms with Gasteiger partial charge >= 0.3 is 5.97 Å². The Balaban J connectivity index is 2.14. The van der Waals surface area contributed by atoms with Crippen LogP contribution in [0.4, 0.5) is 5.69 Å². The predicted octanol–water partition coefficient (Wildman–Crippen LogP) is 1.41. The lowest BCUT2D eigenvalue weighted by Gasteiger charge is -2.16. The lowest BCUT2D eigenvalue weighted by molar-refractivity contribution is -0.118. The van der Waals surface area contributed by atoms with Gasteiger partial charge in [0.25, 0.3) is 0 Å². The van der Waals surface area contributed by atoms with E-state index in [1.807, 2.05) is 6.92 Å². The fourth-order valence-electron chi connectivity index (χ4n) is 2.28. The highest BCUT2D eigenvalue weighted by Crippen LogP contribution is 2.19. The highest BCUT2D eigenvalue weighted by atomic mass is 16.5. The zero-order chi connectivity index (χ0) is 13.8. The van der Waals surface area contributed by atoms with Crippen molar-refractivity contribution in [2.24, 2.45) is 5.92 Å². The summed E-state index contributed by atoms with van der Waals surface area (Å²) in [6, 6.07) is 6.63. The van der Waals surface area contributed by atoms with Gasteiger partial charge in [-0.1, -0.05) is 19.1 Å². The number of carbonyl (C=O) groups excluding carboxylic acids is 2. The van der Waals surface area contributed by atoms with Gasteiger partial charge in [-0.2, -0.15) is 0 Å². The van der Waals surface area contributed by atoms with Crippen molar-refractivity contribution in [3.63, 3.8) is 0 Å². The van der Waals surface area contributed by atoms with Crippen molar-refractivity contribution in [3.05, 3.63) is 29.8 Å². The molecule has 0 aromatic heterocycles. The lowest BCUT2D eigenvalue weighted by atomic mass is 10.0. The van der Waals surface area contributed by atoms with Crippen LogP contribution in [-0.2, 0) is 9.53 Å². The first kappa shape index (κ1) is 13.5. The molecule has 1 heterocycles. The van der Waals surface area contributed by atoms with Crippen LogP contribution in [0.5, 0.6) is 0 Å². The number of amides is 1. The summed E-state index contributed by atoms with van der Waals surface area (Å²) >= 11 is 0. The molecule has 0 spiro atoms. The summed E-state index contributed by atoms with van der Waals surface area (Å²) in [7, 11) is 1.32. The van der Waals surface area contributed by atoms with E-state index in [1.54, 1.807) is 24.3 Å². The number of carbonyl (C=O) groups is 2. The average Bonchev–Trinajstić information content (AvgIpc) is 2.85. The van der Waals surface area contributed by atoms with Gasteiger partial charge < -0.3 is 15.4 Å². The molecule has 19 heavy (non-hydrogen) atoms. The summed E-state index contributed by atoms with van der Waals surface area (Å²) in [6.07, 6.45) is 0.983. The Bertz CT molecular complexity index is 487. The number of nitrogens with one attached hydrogen (secondary N) is 2. The van der Waals surface area contributed by atoms with Crippen molar-refractivity contribution >= 4 is 17.6 Å². The molecule has 1 aromatic carbocycles. The van der Waals surface area contributed by atoms with Crippen LogP contribution in [0.15, 0.2) is 24.3 Å². The second-order valence-electron chi connectivity index (χ2n) is 4.72. The van der Waals surface area contributed by atoms with E-state index in [2.05, 4.69) is 10.6 Å². The average molecular weight is 262 g/mol. The van der Waals surface area contributed by atoms with Crippen molar-refractivity contribution < 1.29 is 14.3 Å². The fourth-order valence-corrected chi connectivity index (χ4v) is 2.28. The van der Waals surface area contributed by atoms with Crippen molar-refractivity contribution in [1.29, 1.82) is 0 Å². The summed E-state index contributed by atoms with van der Waals surface area (Å²) in [5.74, 6) is -0.269. The van der Waals surface area contributed by atoms with E-state index >= 15 is 0 Å². The number of benzene rings is 1. The molecule has 1 saturated heterocycles. The van der Waals surface area contributed by atoms with Crippen LogP contribution >= 0.6 is 0 Å². The van der Waals surface area contributed by atoms with Crippen molar-refractivity contribution in [2.75, 3.05) is 19.0 Å². The van der Waals surface area contributed by atoms with Gasteiger partial charge in [0.15, 0.2) is 0 Å². The molecule has 1 fully saturated rings. The van der Waals surface area contributed by atoms with Crippen LogP contribution in [0.2, 0.25) is 0 Å². The molecule has 1 aliphatic rings. The minimum atomic E-state index is -0.455. The van der Waals surface area contributed by atoms with Crippen LogP contribution in [-0.4, -0.2) is 31.6 Å². The molecule has 2 unspecified atom stereocenters. The molecule has 1 aromatic rings. The van der Waals surface area contributed by atoms with Crippen LogP contribution in [0.3, 0.4) is 0 Å². The molecule has 0 bridgehead atoms. The van der Waals surface area contributed by atoms with Gasteiger partial charge in [0.1, 0.15) is 0 Å². The molecule has 0 saturated carbocycles. The Labute approximate surface area is 112 Å². The summed E-state index contributed by atoms with van der Waals surface area (Å²) in [5, 5.41) is 5.96. The minimum Gasteiger partial charge on any atom is -0.465 e. The van der Waals surface area contributed by atoms with E-state index in [1.165, 1.54) is 7.11 Å². The fraction of sp³-hybridized carbons (Fsp3) is 0.429. The van der Waals surface area contributed by atoms with Gasteiger partial charge in [-0.25, -0.2) is 4.79 Å². The zero-order valence-corrected chi connectivity index (χ0v) is 11.1. The Morgan fingerprint density at radius 3 is 2.74 bits per heavy atom. The van der Waals surface area contributed by atoms with Crippen LogP contribution in [0.1, 0.15) is 23.7 Å². The van der Waals surface area contributed by atoms with E-state index in [-0.39, 0.29) is 11.9 Å². The maximum atomic E-state index is 12.2. The summed E-state index contributed by atoms with van der Waals surface area (Å²) < 4.78 is 4.70. The first-order chi connectivity index (χ1) is 9.13. The first-order valence-corrected chi connectivity index (χ1v) is 6.35. The topological polar surface area (TPSA) is 67.4 Å². The van der Waals surface area contributed by atoms with E-state index < -0.39 is 5.97 Å². The molecule has 1 aliphatic heterocycles. The third-order valence-electron chi connectivity index (χ3n) is 3.41. The minimum absolute atomic E-state index is 0.110. The van der Waals surface area contributed by atoms with E-state index in [0.29, 0.717) is 17.2 Å². The molecule has 2 atom stereocenters. The Morgan fingerprint density at radius 2 is 2.11 bits per heavy atom. The van der Waals surface area contributed by atoms with Crippen molar-refractivity contribution in [1.82, 2.24) is 5.32 Å². The number of anilines is 1. The van der Waals surface area contributed by atoms with Gasteiger partial charge in [0, 0.05) is 0 Å². The van der Waals surface area contributed by atoms with E-state index in [0.717, 1.165) is 13.0 Å². The molecule has 1 amide bonds. The van der Waals surface area contributed by atoms with Gasteiger partial charge in [-0.05, 0) is 31.0 Å². The van der Waals surface area contributed by atoms with Crippen molar-refractivity contribution in [3.8, 4) is 0 Å². The highest BCUT2D eigenvalue weighted by molar-refractivity contribution is 6.02. The highest BCUT2D eigenvalue weighted by Gasteiger charge is 2.29. The molecule has 2 rings (SSSR count). The summed E-state index contributed by atoms with van der Waals surface area (Å²) in [4.78, 5) is 23.8. The molecular weight excluding hydrogens is 244 g/mol. The maximum absolute atomic E-state index is 12.2. The second kappa shape index (κ2) is 5.84. The normalized spacial score (nSPS) is 22.0. The number of ether oxygens (including phenoxy) is 1. The monoisotopic (exact) mass is 262 g/mol. The summed E-state index contributed by atoms with van der Waals surface area (Å²) in [6.45, 7) is 2.88. The van der Waals surface area contributed by atoms with E-state index in [9.17, 15) is 9.59 Å². The maximum Gasteiger partial charge on any atom is 0.339 e. The molecule has 0 radical (unpaired) electrons. The molecule has 2 N–H and O–H groups in total. The van der Waals surface area contributed by atoms with Gasteiger partial charge in [-0.3, -0.25) is 4.79 Å². The molecule has 102 valence electrons. The number of methoxy groups -OCH3 is 1. The van der Waals surface area contributed by atoms with Gasteiger partial charge in [0.2, 0.25) is 5.91 Å². The standard InChI is InChI=1S/C14H18N2O3/c1-9-7-8-15-12(9)13(17)16-11-6-4-3-5-10(11)14(18)19-2/h3-6,9,12,15H,7-8H2,1-2H3,(H,16,17). The summed E-state index contributed by atoms with van der Waals surface area (Å²) in [5.41, 5.74) is 0.851. The first-order valence-electron chi connectivity index (χ1n) is 6.35. The quantitative estimate of drug-likeness (QED) is 0.808. The molecule has 5 nitrogen and oxygen atoms in total. The van der Waals surface area contributed by atoms with Gasteiger partial charge in [0.05, 0.1) is 24.4 Å². The molecular formula is C14H18N2O3. The Hall–Kier alpha value is -1.88. The SMILES string of the molecule is COC(=O)c1ccccc1NC(=O)C1NCCC1C. The number of esters is 1. The second-order valence-corrected chi connectivity index (χ2v) is 4.72. The lowest BCUT2D eigenvalue weighted by Crippen LogP contribution is -2.39. The van der Waals surface area contributed by atoms with Gasteiger partial charge in [-0.15, -0.1) is 0 Å². The van der Waals surface area contributed by atoms with Crippen LogP contribution in [0, 0.1) is 5.92 Å². The molecule has 5 heteroatoms. The van der Waals surface area contributed by atoms with Crippen LogP contribution in [0.25, 0.3) is 0 Å². The predicted molar refractivity (Wildman–Crippen MR) is 72.0 cm³/mol. The Morgan fingerprint density at radius 1 is 1.37 bits per heavy atom. The Kier molecular flexibility index (Phi) is 4.16. The third kappa shape index (κ3) is 2.93. The van der Waals surface area contributed by atoms with E-state index in [4.69, 9.17) is 4.74 Å². The largest absolute Gasteiger partial charge is 0.465 e. The number of para-hydroxylation sites is 1. The van der Waals surface area contributed by atoms with Crippen molar-refractivity contribution in [2.45, 2.75) is 19.4 Å². The zero-order valence-electron chi connectivity index (χ0n) is 11.1. The number of hydrogen-bond acceptors (Lipinski definition) is 4. The molecule has 0 aliphatic carbocycles. The van der Waals surface area contributed by atoms with Crippen LogP contribution < -0.4 is 10.6 Å². The third-order valence-corrected chi connectivity index (χ3v) is 3.41. The number of hydrogen-bond donors (Lipinski definition) is 2.